The third kappa shape index (κ3) is 3.97. The van der Waals surface area contributed by atoms with Crippen molar-refractivity contribution in [2.45, 2.75) is 63.5 Å². The number of carbonyl (C=O) groups excluding carboxylic acids is 1. The lowest BCUT2D eigenvalue weighted by Gasteiger charge is -2.32. The average Bonchev–Trinajstić information content (AvgIpc) is 3.00. The maximum Gasteiger partial charge on any atom is 0.222 e. The van der Waals surface area contributed by atoms with Gasteiger partial charge in [-0.1, -0.05) is 0 Å². The predicted octanol–water partition coefficient (Wildman–Crippen LogP) is 3.53. The van der Waals surface area contributed by atoms with Crippen LogP contribution in [0.4, 0.5) is 0 Å². The van der Waals surface area contributed by atoms with Gasteiger partial charge in [-0.15, -0.1) is 11.3 Å². The summed E-state index contributed by atoms with van der Waals surface area (Å²) in [6.07, 6.45) is 10.1. The van der Waals surface area contributed by atoms with Gasteiger partial charge in [-0.25, -0.2) is 4.98 Å². The van der Waals surface area contributed by atoms with E-state index in [0.29, 0.717) is 18.4 Å². The lowest BCUT2D eigenvalue weighted by Crippen LogP contribution is -2.35. The topological polar surface area (TPSA) is 68.4 Å². The number of pyridine rings is 1. The first-order chi connectivity index (χ1) is 13.0. The molecule has 146 valence electrons. The molecule has 1 saturated carbocycles. The fourth-order valence-electron chi connectivity index (χ4n) is 4.65. The second kappa shape index (κ2) is 7.76. The van der Waals surface area contributed by atoms with E-state index in [1.54, 1.807) is 0 Å². The molecule has 0 saturated heterocycles. The summed E-state index contributed by atoms with van der Waals surface area (Å²) in [7, 11) is 4.32. The van der Waals surface area contributed by atoms with Crippen LogP contribution in [0.25, 0.3) is 10.1 Å². The van der Waals surface area contributed by atoms with E-state index in [1.165, 1.54) is 33.4 Å². The molecular weight excluding hydrogens is 358 g/mol. The van der Waals surface area contributed by atoms with Gasteiger partial charge in [0, 0.05) is 28.2 Å². The van der Waals surface area contributed by atoms with E-state index in [2.05, 4.69) is 30.0 Å². The SMILES string of the molecule is CN(C)C1CCC(Oc2nccc3sc4c(c23)C[C@H](CC(N)=O)CC4)CC1. The summed E-state index contributed by atoms with van der Waals surface area (Å²) in [6.45, 7) is 0. The van der Waals surface area contributed by atoms with E-state index in [4.69, 9.17) is 10.5 Å². The quantitative estimate of drug-likeness (QED) is 0.852. The molecule has 2 heterocycles. The highest BCUT2D eigenvalue weighted by Gasteiger charge is 2.28. The molecule has 0 aromatic carbocycles. The van der Waals surface area contributed by atoms with Crippen molar-refractivity contribution in [2.75, 3.05) is 14.1 Å². The second-order valence-electron chi connectivity index (χ2n) is 8.28. The molecule has 2 N–H and O–H groups in total. The minimum atomic E-state index is -0.199. The normalized spacial score (nSPS) is 25.5. The molecule has 2 aromatic rings. The number of carbonyl (C=O) groups is 1. The van der Waals surface area contributed by atoms with Gasteiger partial charge in [-0.3, -0.25) is 4.79 Å². The van der Waals surface area contributed by atoms with Crippen LogP contribution >= 0.6 is 11.3 Å². The maximum absolute atomic E-state index is 11.4. The molecule has 4 rings (SSSR count). The number of primary amides is 1. The third-order valence-electron chi connectivity index (χ3n) is 6.16. The summed E-state index contributed by atoms with van der Waals surface area (Å²) in [5.41, 5.74) is 6.79. The number of nitrogens with two attached hydrogens (primary N) is 1. The average molecular weight is 388 g/mol. The number of amides is 1. The molecule has 1 atom stereocenters. The van der Waals surface area contributed by atoms with Gasteiger partial charge in [0.15, 0.2) is 0 Å². The van der Waals surface area contributed by atoms with Crippen molar-refractivity contribution >= 4 is 27.3 Å². The molecule has 2 aliphatic carbocycles. The summed E-state index contributed by atoms with van der Waals surface area (Å²) in [6, 6.07) is 2.76. The molecule has 2 aromatic heterocycles. The lowest BCUT2D eigenvalue weighted by molar-refractivity contribution is -0.119. The Bertz CT molecular complexity index is 824. The predicted molar refractivity (Wildman–Crippen MR) is 109 cm³/mol. The van der Waals surface area contributed by atoms with Crippen molar-refractivity contribution in [3.8, 4) is 5.88 Å². The Morgan fingerprint density at radius 3 is 2.78 bits per heavy atom. The zero-order valence-corrected chi connectivity index (χ0v) is 17.1. The number of thiophene rings is 1. The van der Waals surface area contributed by atoms with Crippen LogP contribution in [0.5, 0.6) is 5.88 Å². The van der Waals surface area contributed by atoms with Gasteiger partial charge in [-0.2, -0.15) is 0 Å². The van der Waals surface area contributed by atoms with Crippen LogP contribution in [0.1, 0.15) is 49.0 Å². The number of fused-ring (bicyclic) bond motifs is 3. The highest BCUT2D eigenvalue weighted by molar-refractivity contribution is 7.19. The number of ether oxygens (including phenoxy) is 1. The molecule has 0 radical (unpaired) electrons. The Morgan fingerprint density at radius 2 is 2.07 bits per heavy atom. The Labute approximate surface area is 164 Å². The van der Waals surface area contributed by atoms with E-state index in [-0.39, 0.29) is 12.0 Å². The molecule has 6 heteroatoms. The molecule has 0 bridgehead atoms. The number of aryl methyl sites for hydroxylation is 1. The summed E-state index contributed by atoms with van der Waals surface area (Å²) in [5.74, 6) is 0.935. The first-order valence-corrected chi connectivity index (χ1v) is 10.8. The van der Waals surface area contributed by atoms with E-state index in [9.17, 15) is 4.79 Å². The highest BCUT2D eigenvalue weighted by atomic mass is 32.1. The van der Waals surface area contributed by atoms with E-state index >= 15 is 0 Å². The summed E-state index contributed by atoms with van der Waals surface area (Å²) >= 11 is 1.86. The van der Waals surface area contributed by atoms with Crippen LogP contribution in [0.3, 0.4) is 0 Å². The molecular formula is C21H29N3O2S. The van der Waals surface area contributed by atoms with Crippen LogP contribution in [0.15, 0.2) is 12.3 Å². The number of aromatic nitrogens is 1. The standard InChI is InChI=1S/C21H29N3O2S/c1-24(2)14-4-6-15(7-5-14)26-21-20-16-11-13(12-19(22)25)3-8-17(16)27-18(20)9-10-23-21/h9-10,13-15H,3-8,11-12H2,1-2H3,(H2,22,25)/t13-,14?,15?/m1/s1. The van der Waals surface area contributed by atoms with Gasteiger partial charge in [0.2, 0.25) is 11.8 Å². The Morgan fingerprint density at radius 1 is 1.30 bits per heavy atom. The van der Waals surface area contributed by atoms with Gasteiger partial charge >= 0.3 is 0 Å². The lowest BCUT2D eigenvalue weighted by atomic mass is 9.85. The van der Waals surface area contributed by atoms with Crippen LogP contribution in [0, 0.1) is 5.92 Å². The Kier molecular flexibility index (Phi) is 5.37. The van der Waals surface area contributed by atoms with Crippen LogP contribution in [-0.2, 0) is 17.6 Å². The zero-order valence-electron chi connectivity index (χ0n) is 16.2. The smallest absolute Gasteiger partial charge is 0.222 e. The van der Waals surface area contributed by atoms with Crippen molar-refractivity contribution in [1.82, 2.24) is 9.88 Å². The monoisotopic (exact) mass is 387 g/mol. The molecule has 1 fully saturated rings. The van der Waals surface area contributed by atoms with Crippen LogP contribution in [-0.4, -0.2) is 42.0 Å². The third-order valence-corrected chi connectivity index (χ3v) is 7.42. The first-order valence-electron chi connectivity index (χ1n) is 10.0. The Balaban J connectivity index is 1.56. The van der Waals surface area contributed by atoms with Gasteiger partial charge in [0.05, 0.1) is 5.39 Å². The van der Waals surface area contributed by atoms with Crippen molar-refractivity contribution < 1.29 is 9.53 Å². The van der Waals surface area contributed by atoms with Crippen molar-refractivity contribution in [2.24, 2.45) is 11.7 Å². The van der Waals surface area contributed by atoms with Crippen molar-refractivity contribution in [3.05, 3.63) is 22.7 Å². The van der Waals surface area contributed by atoms with Crippen molar-refractivity contribution in [3.63, 3.8) is 0 Å². The number of nitrogens with zero attached hydrogens (tertiary/aromatic N) is 2. The molecule has 2 aliphatic rings. The minimum Gasteiger partial charge on any atom is -0.474 e. The van der Waals surface area contributed by atoms with Crippen LogP contribution in [0.2, 0.25) is 0 Å². The molecule has 5 nitrogen and oxygen atoms in total. The summed E-state index contributed by atoms with van der Waals surface area (Å²) in [4.78, 5) is 19.7. The number of hydrogen-bond donors (Lipinski definition) is 1. The first kappa shape index (κ1) is 18.7. The van der Waals surface area contributed by atoms with Gasteiger partial charge in [-0.05, 0) is 76.6 Å². The van der Waals surface area contributed by atoms with E-state index in [0.717, 1.165) is 38.0 Å². The molecule has 1 amide bonds. The minimum absolute atomic E-state index is 0.199. The van der Waals surface area contributed by atoms with E-state index < -0.39 is 0 Å². The summed E-state index contributed by atoms with van der Waals surface area (Å²) in [5, 5.41) is 1.18. The zero-order chi connectivity index (χ0) is 19.0. The second-order valence-corrected chi connectivity index (χ2v) is 9.42. The largest absolute Gasteiger partial charge is 0.474 e. The van der Waals surface area contributed by atoms with Gasteiger partial charge in [0.1, 0.15) is 6.10 Å². The van der Waals surface area contributed by atoms with Gasteiger partial charge in [0.25, 0.3) is 0 Å². The van der Waals surface area contributed by atoms with Crippen LogP contribution < -0.4 is 10.5 Å². The maximum atomic E-state index is 11.4. The molecule has 0 unspecified atom stereocenters. The van der Waals surface area contributed by atoms with E-state index in [1.807, 2.05) is 17.5 Å². The fourth-order valence-corrected chi connectivity index (χ4v) is 5.89. The van der Waals surface area contributed by atoms with Crippen molar-refractivity contribution in [1.29, 1.82) is 0 Å². The highest BCUT2D eigenvalue weighted by Crippen LogP contribution is 2.42. The number of hydrogen-bond acceptors (Lipinski definition) is 5. The van der Waals surface area contributed by atoms with Gasteiger partial charge < -0.3 is 15.4 Å². The molecule has 27 heavy (non-hydrogen) atoms. The number of rotatable bonds is 5. The fraction of sp³-hybridized carbons (Fsp3) is 0.619. The Hall–Kier alpha value is -1.66. The molecule has 0 aliphatic heterocycles. The molecule has 0 spiro atoms. The summed E-state index contributed by atoms with van der Waals surface area (Å²) < 4.78 is 7.68.